The summed E-state index contributed by atoms with van der Waals surface area (Å²) in [6, 6.07) is 24.5. The summed E-state index contributed by atoms with van der Waals surface area (Å²) in [5.74, 6) is 0. The highest BCUT2D eigenvalue weighted by molar-refractivity contribution is 6.33. The monoisotopic (exact) mass is 366 g/mol. The Morgan fingerprint density at radius 2 is 1.52 bits per heavy atom. The molecule has 27 heavy (non-hydrogen) atoms. The fourth-order valence-corrected chi connectivity index (χ4v) is 5.51. The fraction of sp³-hybridized carbons (Fsp3) is 0.154. The standard InChI is InChI=1S/C26H19Cl/c1-26(2)21-10-4-7-15-6-3-9-18(24(15)21)20-14-19-17(13-22(20)26)12-16-8-5-11-23(27)25(16)19/h3-11,13-14H,12H2,1-2H3. The van der Waals surface area contributed by atoms with Crippen molar-refractivity contribution in [2.24, 2.45) is 0 Å². The summed E-state index contributed by atoms with van der Waals surface area (Å²) in [5, 5.41) is 3.58. The molecule has 1 heteroatoms. The zero-order valence-electron chi connectivity index (χ0n) is 15.4. The van der Waals surface area contributed by atoms with Crippen LogP contribution in [0.4, 0.5) is 0 Å². The molecule has 0 radical (unpaired) electrons. The van der Waals surface area contributed by atoms with Crippen LogP contribution < -0.4 is 0 Å². The molecule has 4 aromatic rings. The van der Waals surface area contributed by atoms with E-state index < -0.39 is 0 Å². The van der Waals surface area contributed by atoms with Crippen LogP contribution in [-0.4, -0.2) is 0 Å². The smallest absolute Gasteiger partial charge is 0.0487 e. The SMILES string of the molecule is CC1(C)c2cc3c(cc2-c2cccc4cccc1c24)-c1c(Cl)cccc1C3. The summed E-state index contributed by atoms with van der Waals surface area (Å²) in [4.78, 5) is 0. The van der Waals surface area contributed by atoms with Gasteiger partial charge in [-0.3, -0.25) is 0 Å². The first kappa shape index (κ1) is 15.5. The molecular formula is C26H19Cl. The van der Waals surface area contributed by atoms with Crippen LogP contribution in [0.1, 0.15) is 36.1 Å². The van der Waals surface area contributed by atoms with Crippen molar-refractivity contribution in [3.05, 3.63) is 94.0 Å². The molecule has 0 N–H and O–H groups in total. The van der Waals surface area contributed by atoms with Gasteiger partial charge in [0.05, 0.1) is 0 Å². The van der Waals surface area contributed by atoms with E-state index in [1.54, 1.807) is 0 Å². The number of hydrogen-bond donors (Lipinski definition) is 0. The lowest BCUT2D eigenvalue weighted by Crippen LogP contribution is -2.24. The van der Waals surface area contributed by atoms with Crippen LogP contribution in [0.3, 0.4) is 0 Å². The van der Waals surface area contributed by atoms with Crippen molar-refractivity contribution in [2.75, 3.05) is 0 Å². The quantitative estimate of drug-likeness (QED) is 0.268. The highest BCUT2D eigenvalue weighted by atomic mass is 35.5. The molecule has 0 atom stereocenters. The van der Waals surface area contributed by atoms with E-state index in [9.17, 15) is 0 Å². The summed E-state index contributed by atoms with van der Waals surface area (Å²) < 4.78 is 0. The number of hydrogen-bond acceptors (Lipinski definition) is 0. The van der Waals surface area contributed by atoms with Crippen LogP contribution in [0.15, 0.2) is 66.7 Å². The van der Waals surface area contributed by atoms with Gasteiger partial charge in [-0.2, -0.15) is 0 Å². The van der Waals surface area contributed by atoms with E-state index in [2.05, 4.69) is 74.5 Å². The minimum Gasteiger partial charge on any atom is -0.0837 e. The molecule has 0 fully saturated rings. The predicted molar refractivity (Wildman–Crippen MR) is 115 cm³/mol. The van der Waals surface area contributed by atoms with E-state index in [-0.39, 0.29) is 5.41 Å². The number of fused-ring (bicyclic) bond motifs is 5. The lowest BCUT2D eigenvalue weighted by atomic mass is 9.68. The van der Waals surface area contributed by atoms with Crippen LogP contribution in [0.25, 0.3) is 33.0 Å². The third kappa shape index (κ3) is 1.89. The van der Waals surface area contributed by atoms with Gasteiger partial charge in [0, 0.05) is 16.0 Å². The molecule has 0 saturated heterocycles. The van der Waals surface area contributed by atoms with Gasteiger partial charge in [-0.15, -0.1) is 0 Å². The molecular weight excluding hydrogens is 348 g/mol. The highest BCUT2D eigenvalue weighted by Gasteiger charge is 2.35. The number of halogens is 1. The molecule has 0 aliphatic heterocycles. The van der Waals surface area contributed by atoms with Gasteiger partial charge >= 0.3 is 0 Å². The Morgan fingerprint density at radius 1 is 0.741 bits per heavy atom. The molecule has 0 saturated carbocycles. The highest BCUT2D eigenvalue weighted by Crippen LogP contribution is 2.52. The van der Waals surface area contributed by atoms with Crippen molar-refractivity contribution in [1.29, 1.82) is 0 Å². The van der Waals surface area contributed by atoms with Gasteiger partial charge in [-0.05, 0) is 68.3 Å². The second kappa shape index (κ2) is 5.03. The van der Waals surface area contributed by atoms with E-state index in [1.807, 2.05) is 6.07 Å². The van der Waals surface area contributed by atoms with Crippen LogP contribution in [0.2, 0.25) is 5.02 Å². The first-order chi connectivity index (χ1) is 13.1. The number of rotatable bonds is 0. The Balaban J connectivity index is 1.75. The summed E-state index contributed by atoms with van der Waals surface area (Å²) in [7, 11) is 0. The second-order valence-electron chi connectivity index (χ2n) is 8.34. The molecule has 0 spiro atoms. The second-order valence-corrected chi connectivity index (χ2v) is 8.75. The van der Waals surface area contributed by atoms with Crippen molar-refractivity contribution >= 4 is 22.4 Å². The van der Waals surface area contributed by atoms with Crippen molar-refractivity contribution in [1.82, 2.24) is 0 Å². The van der Waals surface area contributed by atoms with Crippen LogP contribution in [-0.2, 0) is 11.8 Å². The van der Waals surface area contributed by atoms with Crippen molar-refractivity contribution in [2.45, 2.75) is 25.7 Å². The summed E-state index contributed by atoms with van der Waals surface area (Å²) in [6.45, 7) is 4.72. The van der Waals surface area contributed by atoms with Crippen LogP contribution in [0, 0.1) is 0 Å². The largest absolute Gasteiger partial charge is 0.0837 e. The van der Waals surface area contributed by atoms with Crippen molar-refractivity contribution in [3.8, 4) is 22.3 Å². The maximum Gasteiger partial charge on any atom is 0.0487 e. The first-order valence-electron chi connectivity index (χ1n) is 9.53. The zero-order valence-corrected chi connectivity index (χ0v) is 16.2. The molecule has 130 valence electrons. The maximum atomic E-state index is 6.60. The molecule has 0 aromatic heterocycles. The van der Waals surface area contributed by atoms with Crippen molar-refractivity contribution in [3.63, 3.8) is 0 Å². The van der Waals surface area contributed by atoms with Gasteiger partial charge in [-0.25, -0.2) is 0 Å². The molecule has 0 unspecified atom stereocenters. The van der Waals surface area contributed by atoms with E-state index >= 15 is 0 Å². The predicted octanol–water partition coefficient (Wildman–Crippen LogP) is 7.37. The van der Waals surface area contributed by atoms with Gasteiger partial charge in [-0.1, -0.05) is 80.0 Å². The fourth-order valence-electron chi connectivity index (χ4n) is 5.22. The maximum absolute atomic E-state index is 6.60. The summed E-state index contributed by atoms with van der Waals surface area (Å²) in [6.07, 6.45) is 0.973. The van der Waals surface area contributed by atoms with Gasteiger partial charge in [0.25, 0.3) is 0 Å². The van der Waals surface area contributed by atoms with Crippen molar-refractivity contribution < 1.29 is 0 Å². The summed E-state index contributed by atoms with van der Waals surface area (Å²) >= 11 is 6.60. The Morgan fingerprint density at radius 3 is 2.37 bits per heavy atom. The molecule has 0 amide bonds. The molecule has 6 rings (SSSR count). The average molecular weight is 367 g/mol. The molecule has 2 aliphatic carbocycles. The van der Waals surface area contributed by atoms with Crippen LogP contribution in [0.5, 0.6) is 0 Å². The lowest BCUT2D eigenvalue weighted by Gasteiger charge is -2.35. The van der Waals surface area contributed by atoms with Gasteiger partial charge in [0.15, 0.2) is 0 Å². The first-order valence-corrected chi connectivity index (χ1v) is 9.91. The van der Waals surface area contributed by atoms with E-state index in [1.165, 1.54) is 55.3 Å². The molecule has 2 aliphatic rings. The van der Waals surface area contributed by atoms with Gasteiger partial charge in [0.1, 0.15) is 0 Å². The van der Waals surface area contributed by atoms with Gasteiger partial charge < -0.3 is 0 Å². The third-order valence-corrected chi connectivity index (χ3v) is 6.85. The Kier molecular flexibility index (Phi) is 2.88. The normalized spacial score (nSPS) is 15.4. The Labute approximate surface area is 164 Å². The van der Waals surface area contributed by atoms with E-state index in [4.69, 9.17) is 11.6 Å². The molecule has 4 aromatic carbocycles. The lowest BCUT2D eigenvalue weighted by molar-refractivity contribution is 0.644. The molecule has 0 heterocycles. The minimum absolute atomic E-state index is 0.0171. The molecule has 0 bridgehead atoms. The minimum atomic E-state index is -0.0171. The van der Waals surface area contributed by atoms with E-state index in [0.29, 0.717) is 0 Å². The van der Waals surface area contributed by atoms with Crippen LogP contribution >= 0.6 is 11.6 Å². The molecule has 0 nitrogen and oxygen atoms in total. The van der Waals surface area contributed by atoms with Gasteiger partial charge in [0.2, 0.25) is 0 Å². The number of benzene rings is 4. The van der Waals surface area contributed by atoms with E-state index in [0.717, 1.165) is 11.4 Å². The zero-order chi connectivity index (χ0) is 18.3. The third-order valence-electron chi connectivity index (χ3n) is 6.54. The average Bonchev–Trinajstić information content (AvgIpc) is 3.04. The topological polar surface area (TPSA) is 0 Å². The summed E-state index contributed by atoms with van der Waals surface area (Å²) in [5.41, 5.74) is 10.8. The Bertz CT molecular complexity index is 1270. The Hall–Kier alpha value is -2.57.